The first-order valence-corrected chi connectivity index (χ1v) is 7.73. The molecule has 1 atom stereocenters. The van der Waals surface area contributed by atoms with Gasteiger partial charge in [-0.3, -0.25) is 0 Å². The maximum absolute atomic E-state index is 5.66. The van der Waals surface area contributed by atoms with E-state index >= 15 is 0 Å². The smallest absolute Gasteiger partial charge is 0.162 e. The molecule has 114 valence electrons. The van der Waals surface area contributed by atoms with Crippen LogP contribution < -0.4 is 5.32 Å². The minimum absolute atomic E-state index is 0.330. The summed E-state index contributed by atoms with van der Waals surface area (Å²) in [5.74, 6) is -0.413. The zero-order valence-corrected chi connectivity index (χ0v) is 13.4. The third-order valence-electron chi connectivity index (χ3n) is 3.79. The van der Waals surface area contributed by atoms with Gasteiger partial charge >= 0.3 is 0 Å². The van der Waals surface area contributed by atoms with Crippen molar-refractivity contribution in [2.45, 2.75) is 65.3 Å². The van der Waals surface area contributed by atoms with E-state index in [1.807, 2.05) is 13.8 Å². The van der Waals surface area contributed by atoms with Gasteiger partial charge in [0.15, 0.2) is 5.79 Å². The van der Waals surface area contributed by atoms with Crippen LogP contribution in [0, 0.1) is 0 Å². The second kappa shape index (κ2) is 8.20. The molecule has 1 aliphatic rings. The molecule has 0 amide bonds. The normalized spacial score (nSPS) is 21.8. The number of hydrogen-bond donors (Lipinski definition) is 1. The fourth-order valence-corrected chi connectivity index (χ4v) is 2.44. The van der Waals surface area contributed by atoms with Crippen molar-refractivity contribution in [2.75, 3.05) is 32.8 Å². The summed E-state index contributed by atoms with van der Waals surface area (Å²) >= 11 is 0. The highest BCUT2D eigenvalue weighted by atomic mass is 16.7. The Morgan fingerprint density at radius 3 is 2.32 bits per heavy atom. The lowest BCUT2D eigenvalue weighted by Crippen LogP contribution is -2.50. The van der Waals surface area contributed by atoms with E-state index in [-0.39, 0.29) is 0 Å². The highest BCUT2D eigenvalue weighted by Crippen LogP contribution is 2.17. The predicted octanol–water partition coefficient (Wildman–Crippen LogP) is 2.24. The average Bonchev–Trinajstić information content (AvgIpc) is 2.37. The van der Waals surface area contributed by atoms with Crippen LogP contribution in [-0.2, 0) is 9.47 Å². The molecule has 0 aromatic heterocycles. The van der Waals surface area contributed by atoms with Gasteiger partial charge in [0.05, 0.1) is 19.3 Å². The highest BCUT2D eigenvalue weighted by Gasteiger charge is 2.28. The topological polar surface area (TPSA) is 33.7 Å². The van der Waals surface area contributed by atoms with E-state index in [0.717, 1.165) is 26.3 Å². The van der Waals surface area contributed by atoms with Crippen LogP contribution in [0.2, 0.25) is 0 Å². The Balaban J connectivity index is 2.12. The van der Waals surface area contributed by atoms with E-state index in [2.05, 4.69) is 31.0 Å². The minimum atomic E-state index is -0.413. The Labute approximate surface area is 118 Å². The van der Waals surface area contributed by atoms with Crippen LogP contribution in [0.5, 0.6) is 0 Å². The maximum Gasteiger partial charge on any atom is 0.162 e. The molecular formula is C15H32N2O2. The number of hydrogen-bond acceptors (Lipinski definition) is 4. The van der Waals surface area contributed by atoms with Crippen molar-refractivity contribution in [3.05, 3.63) is 0 Å². The number of nitrogens with zero attached hydrogens (tertiary/aromatic N) is 1. The summed E-state index contributed by atoms with van der Waals surface area (Å²) < 4.78 is 11.3. The molecule has 0 spiro atoms. The van der Waals surface area contributed by atoms with Gasteiger partial charge < -0.3 is 19.7 Å². The van der Waals surface area contributed by atoms with E-state index < -0.39 is 5.79 Å². The van der Waals surface area contributed by atoms with Crippen molar-refractivity contribution >= 4 is 0 Å². The Morgan fingerprint density at radius 2 is 1.79 bits per heavy atom. The number of ether oxygens (including phenoxy) is 2. The van der Waals surface area contributed by atoms with E-state index in [1.165, 1.54) is 19.4 Å². The number of rotatable bonds is 8. The molecule has 0 bridgehead atoms. The SMILES string of the molecule is CCN(CC)CCCC(C)NC1COC(C)(C)OC1. The largest absolute Gasteiger partial charge is 0.349 e. The fraction of sp³-hybridized carbons (Fsp3) is 1.00. The van der Waals surface area contributed by atoms with Gasteiger partial charge in [-0.25, -0.2) is 0 Å². The van der Waals surface area contributed by atoms with Crippen molar-refractivity contribution in [2.24, 2.45) is 0 Å². The first-order valence-electron chi connectivity index (χ1n) is 7.73. The summed E-state index contributed by atoms with van der Waals surface area (Å²) in [6, 6.07) is 0.852. The van der Waals surface area contributed by atoms with Crippen LogP contribution in [0.3, 0.4) is 0 Å². The lowest BCUT2D eigenvalue weighted by Gasteiger charge is -2.36. The Hall–Kier alpha value is -0.160. The maximum atomic E-state index is 5.66. The summed E-state index contributed by atoms with van der Waals surface area (Å²) in [6.07, 6.45) is 2.45. The molecule has 1 N–H and O–H groups in total. The predicted molar refractivity (Wildman–Crippen MR) is 79.4 cm³/mol. The Morgan fingerprint density at radius 1 is 1.21 bits per heavy atom. The summed E-state index contributed by atoms with van der Waals surface area (Å²) in [5, 5.41) is 3.60. The molecule has 19 heavy (non-hydrogen) atoms. The van der Waals surface area contributed by atoms with Gasteiger partial charge in [0, 0.05) is 6.04 Å². The Bertz CT molecular complexity index is 232. The molecule has 0 saturated carbocycles. The average molecular weight is 272 g/mol. The Kier molecular flexibility index (Phi) is 7.29. The van der Waals surface area contributed by atoms with E-state index in [1.54, 1.807) is 0 Å². The zero-order chi connectivity index (χ0) is 14.3. The monoisotopic (exact) mass is 272 g/mol. The minimum Gasteiger partial charge on any atom is -0.349 e. The molecule has 1 saturated heterocycles. The van der Waals surface area contributed by atoms with Gasteiger partial charge in [-0.15, -0.1) is 0 Å². The molecule has 1 rings (SSSR count). The lowest BCUT2D eigenvalue weighted by atomic mass is 10.1. The molecule has 1 fully saturated rings. The van der Waals surface area contributed by atoms with Crippen LogP contribution in [0.1, 0.15) is 47.5 Å². The zero-order valence-electron chi connectivity index (χ0n) is 13.4. The fourth-order valence-electron chi connectivity index (χ4n) is 2.44. The van der Waals surface area contributed by atoms with Crippen LogP contribution in [0.15, 0.2) is 0 Å². The molecule has 1 unspecified atom stereocenters. The van der Waals surface area contributed by atoms with Gasteiger partial charge in [-0.1, -0.05) is 13.8 Å². The lowest BCUT2D eigenvalue weighted by molar-refractivity contribution is -0.253. The van der Waals surface area contributed by atoms with Crippen molar-refractivity contribution in [1.29, 1.82) is 0 Å². The third-order valence-corrected chi connectivity index (χ3v) is 3.79. The van der Waals surface area contributed by atoms with Crippen LogP contribution in [0.4, 0.5) is 0 Å². The molecule has 0 aromatic carbocycles. The summed E-state index contributed by atoms with van der Waals surface area (Å²) in [5.41, 5.74) is 0. The van der Waals surface area contributed by atoms with Crippen molar-refractivity contribution in [1.82, 2.24) is 10.2 Å². The van der Waals surface area contributed by atoms with Crippen LogP contribution in [-0.4, -0.2) is 55.6 Å². The molecule has 0 aliphatic carbocycles. The van der Waals surface area contributed by atoms with Gasteiger partial charge in [-0.05, 0) is 53.2 Å². The molecule has 1 aliphatic heterocycles. The van der Waals surface area contributed by atoms with Gasteiger partial charge in [-0.2, -0.15) is 0 Å². The van der Waals surface area contributed by atoms with Crippen LogP contribution >= 0.6 is 0 Å². The second-order valence-corrected chi connectivity index (χ2v) is 5.96. The van der Waals surface area contributed by atoms with E-state index in [0.29, 0.717) is 12.1 Å². The van der Waals surface area contributed by atoms with Crippen molar-refractivity contribution in [3.63, 3.8) is 0 Å². The van der Waals surface area contributed by atoms with Crippen LogP contribution in [0.25, 0.3) is 0 Å². The summed E-state index contributed by atoms with van der Waals surface area (Å²) in [7, 11) is 0. The molecule has 0 radical (unpaired) electrons. The van der Waals surface area contributed by atoms with Gasteiger partial charge in [0.1, 0.15) is 0 Å². The number of nitrogens with one attached hydrogen (secondary N) is 1. The molecule has 4 nitrogen and oxygen atoms in total. The third kappa shape index (κ3) is 6.70. The van der Waals surface area contributed by atoms with Crippen molar-refractivity contribution in [3.8, 4) is 0 Å². The van der Waals surface area contributed by atoms with E-state index in [4.69, 9.17) is 9.47 Å². The first-order chi connectivity index (χ1) is 8.96. The standard InChI is InChI=1S/C15H32N2O2/c1-6-17(7-2)10-8-9-13(3)16-14-11-18-15(4,5)19-12-14/h13-14,16H,6-12H2,1-5H3. The van der Waals surface area contributed by atoms with E-state index in [9.17, 15) is 0 Å². The van der Waals surface area contributed by atoms with Gasteiger partial charge in [0.25, 0.3) is 0 Å². The summed E-state index contributed by atoms with van der Waals surface area (Å²) in [6.45, 7) is 15.6. The van der Waals surface area contributed by atoms with Crippen molar-refractivity contribution < 1.29 is 9.47 Å². The quantitative estimate of drug-likeness (QED) is 0.735. The molecule has 0 aromatic rings. The molecule has 4 heteroatoms. The first kappa shape index (κ1) is 16.9. The summed E-state index contributed by atoms with van der Waals surface area (Å²) in [4.78, 5) is 2.47. The molecule has 1 heterocycles. The second-order valence-electron chi connectivity index (χ2n) is 5.96. The molecular weight excluding hydrogens is 240 g/mol. The van der Waals surface area contributed by atoms with Gasteiger partial charge in [0.2, 0.25) is 0 Å². The highest BCUT2D eigenvalue weighted by molar-refractivity contribution is 4.76.